The van der Waals surface area contributed by atoms with Crippen LogP contribution >= 0.6 is 0 Å². The molecular formula is C22H26N2O. The molecule has 0 atom stereocenters. The van der Waals surface area contributed by atoms with Gasteiger partial charge < -0.3 is 5.73 Å². The third-order valence-electron chi connectivity index (χ3n) is 4.22. The zero-order valence-corrected chi connectivity index (χ0v) is 15.6. The highest BCUT2D eigenvalue weighted by Gasteiger charge is 2.13. The van der Waals surface area contributed by atoms with Crippen LogP contribution in [0.3, 0.4) is 0 Å². The Bertz CT molecular complexity index is 822. The van der Waals surface area contributed by atoms with E-state index in [-0.39, 0.29) is 5.41 Å². The van der Waals surface area contributed by atoms with Crippen LogP contribution in [0.4, 0.5) is 0 Å². The predicted octanol–water partition coefficient (Wildman–Crippen LogP) is 4.95. The van der Waals surface area contributed by atoms with Gasteiger partial charge in [-0.3, -0.25) is 9.79 Å². The summed E-state index contributed by atoms with van der Waals surface area (Å²) >= 11 is 0. The predicted molar refractivity (Wildman–Crippen MR) is 106 cm³/mol. The second-order valence-electron chi connectivity index (χ2n) is 7.30. The lowest BCUT2D eigenvalue weighted by molar-refractivity contribution is 0.100. The Balaban J connectivity index is 2.24. The van der Waals surface area contributed by atoms with E-state index in [2.05, 4.69) is 57.0 Å². The minimum atomic E-state index is -0.421. The molecule has 25 heavy (non-hydrogen) atoms. The fourth-order valence-corrected chi connectivity index (χ4v) is 2.45. The van der Waals surface area contributed by atoms with Crippen molar-refractivity contribution in [3.8, 4) is 0 Å². The average molecular weight is 334 g/mol. The summed E-state index contributed by atoms with van der Waals surface area (Å²) in [6.45, 7) is 10.7. The van der Waals surface area contributed by atoms with Gasteiger partial charge in [0.2, 0.25) is 5.91 Å². The van der Waals surface area contributed by atoms with Crippen molar-refractivity contribution >= 4 is 17.2 Å². The molecule has 2 aromatic rings. The molecule has 0 saturated heterocycles. The number of rotatable bonds is 4. The Labute approximate surface area is 150 Å². The van der Waals surface area contributed by atoms with E-state index in [0.717, 1.165) is 16.8 Å². The van der Waals surface area contributed by atoms with Crippen LogP contribution in [0, 0.1) is 0 Å². The molecule has 3 heteroatoms. The van der Waals surface area contributed by atoms with Gasteiger partial charge in [0.15, 0.2) is 0 Å². The first-order valence-corrected chi connectivity index (χ1v) is 8.41. The fourth-order valence-electron chi connectivity index (χ4n) is 2.45. The van der Waals surface area contributed by atoms with E-state index in [1.54, 1.807) is 12.1 Å². The van der Waals surface area contributed by atoms with Gasteiger partial charge in [-0.15, -0.1) is 0 Å². The molecule has 0 aromatic heterocycles. The molecule has 130 valence electrons. The lowest BCUT2D eigenvalue weighted by Crippen LogP contribution is -2.11. The molecule has 3 nitrogen and oxygen atoms in total. The van der Waals surface area contributed by atoms with Gasteiger partial charge in [-0.05, 0) is 53.7 Å². The highest BCUT2D eigenvalue weighted by molar-refractivity contribution is 6.00. The Morgan fingerprint density at radius 1 is 0.960 bits per heavy atom. The molecule has 2 rings (SSSR count). The van der Waals surface area contributed by atoms with Gasteiger partial charge in [0.1, 0.15) is 0 Å². The number of aliphatic imine (C=N–C) groups is 1. The first-order valence-electron chi connectivity index (χ1n) is 8.41. The lowest BCUT2D eigenvalue weighted by Gasteiger charge is -2.19. The van der Waals surface area contributed by atoms with E-state index < -0.39 is 5.91 Å². The number of amides is 1. The minimum Gasteiger partial charge on any atom is -0.366 e. The van der Waals surface area contributed by atoms with Crippen molar-refractivity contribution in [1.82, 2.24) is 0 Å². The maximum atomic E-state index is 11.1. The van der Waals surface area contributed by atoms with Crippen molar-refractivity contribution in [2.24, 2.45) is 10.7 Å². The van der Waals surface area contributed by atoms with Gasteiger partial charge >= 0.3 is 0 Å². The number of allylic oxidation sites excluding steroid dienone is 1. The largest absolute Gasteiger partial charge is 0.366 e. The van der Waals surface area contributed by atoms with E-state index in [1.807, 2.05) is 25.3 Å². The number of nitrogens with two attached hydrogens (primary N) is 1. The van der Waals surface area contributed by atoms with Gasteiger partial charge in [0, 0.05) is 17.5 Å². The number of hydrogen-bond acceptors (Lipinski definition) is 2. The second-order valence-corrected chi connectivity index (χ2v) is 7.30. The maximum Gasteiger partial charge on any atom is 0.248 e. The van der Waals surface area contributed by atoms with Crippen LogP contribution in [-0.4, -0.2) is 11.6 Å². The van der Waals surface area contributed by atoms with Crippen LogP contribution in [0.15, 0.2) is 59.7 Å². The Hall–Kier alpha value is -2.68. The summed E-state index contributed by atoms with van der Waals surface area (Å²) in [6, 6.07) is 15.7. The van der Waals surface area contributed by atoms with E-state index in [1.165, 1.54) is 11.1 Å². The van der Waals surface area contributed by atoms with E-state index in [0.29, 0.717) is 5.56 Å². The fraction of sp³-hybridized carbons (Fsp3) is 0.273. The molecule has 0 heterocycles. The number of nitrogens with zero attached hydrogens (tertiary/aromatic N) is 1. The van der Waals surface area contributed by atoms with E-state index >= 15 is 0 Å². The smallest absolute Gasteiger partial charge is 0.248 e. The molecule has 0 saturated carbocycles. The highest BCUT2D eigenvalue weighted by Crippen LogP contribution is 2.25. The maximum absolute atomic E-state index is 11.1. The van der Waals surface area contributed by atoms with Crippen LogP contribution in [0.2, 0.25) is 0 Å². The Morgan fingerprint density at radius 2 is 1.56 bits per heavy atom. The number of carbonyl (C=O) groups excluding carboxylic acids is 1. The van der Waals surface area contributed by atoms with Crippen molar-refractivity contribution in [1.29, 1.82) is 0 Å². The quantitative estimate of drug-likeness (QED) is 0.790. The van der Waals surface area contributed by atoms with Crippen molar-refractivity contribution in [3.63, 3.8) is 0 Å². The van der Waals surface area contributed by atoms with E-state index in [4.69, 9.17) is 5.73 Å². The molecule has 2 N–H and O–H groups in total. The normalized spacial score (nSPS) is 13.0. The number of primary amides is 1. The number of hydrogen-bond donors (Lipinski definition) is 1. The van der Waals surface area contributed by atoms with Crippen LogP contribution in [0.25, 0.3) is 5.57 Å². The third-order valence-corrected chi connectivity index (χ3v) is 4.22. The molecule has 0 radical (unpaired) electrons. The van der Waals surface area contributed by atoms with Crippen LogP contribution in [0.1, 0.15) is 61.7 Å². The van der Waals surface area contributed by atoms with Crippen molar-refractivity contribution < 1.29 is 4.79 Å². The average Bonchev–Trinajstić information content (AvgIpc) is 2.58. The molecule has 0 fully saturated rings. The monoisotopic (exact) mass is 334 g/mol. The first kappa shape index (κ1) is 18.7. The molecule has 0 aliphatic rings. The summed E-state index contributed by atoms with van der Waals surface area (Å²) in [6.07, 6.45) is 1.89. The SMILES string of the molecule is CC(=N/C=C(\C)c1cccc(C(C)(C)C)c1)c1ccc(C(N)=O)cc1. The summed E-state index contributed by atoms with van der Waals surface area (Å²) in [5.41, 5.74) is 11.3. The zero-order valence-electron chi connectivity index (χ0n) is 15.6. The second kappa shape index (κ2) is 7.47. The third kappa shape index (κ3) is 4.90. The topological polar surface area (TPSA) is 55.4 Å². The Morgan fingerprint density at radius 3 is 2.12 bits per heavy atom. The van der Waals surface area contributed by atoms with Gasteiger partial charge in [-0.2, -0.15) is 0 Å². The molecular weight excluding hydrogens is 308 g/mol. The highest BCUT2D eigenvalue weighted by atomic mass is 16.1. The molecule has 0 bridgehead atoms. The standard InChI is InChI=1S/C22H26N2O/c1-15(19-7-6-8-20(13-19)22(3,4)5)14-24-16(2)17-9-11-18(12-10-17)21(23)25/h6-14H,1-5H3,(H2,23,25)/b15-14+,24-16?. The van der Waals surface area contributed by atoms with Gasteiger partial charge in [-0.25, -0.2) is 0 Å². The molecule has 0 spiro atoms. The first-order chi connectivity index (χ1) is 11.7. The van der Waals surface area contributed by atoms with Gasteiger partial charge in [-0.1, -0.05) is 57.2 Å². The molecule has 0 unspecified atom stereocenters. The van der Waals surface area contributed by atoms with Crippen molar-refractivity contribution in [2.45, 2.75) is 40.0 Å². The van der Waals surface area contributed by atoms with Crippen LogP contribution in [-0.2, 0) is 5.41 Å². The van der Waals surface area contributed by atoms with E-state index in [9.17, 15) is 4.79 Å². The summed E-state index contributed by atoms with van der Waals surface area (Å²) in [7, 11) is 0. The van der Waals surface area contributed by atoms with Crippen molar-refractivity contribution in [2.75, 3.05) is 0 Å². The molecule has 2 aromatic carbocycles. The van der Waals surface area contributed by atoms with Crippen LogP contribution in [0.5, 0.6) is 0 Å². The summed E-state index contributed by atoms with van der Waals surface area (Å²) in [5.74, 6) is -0.421. The summed E-state index contributed by atoms with van der Waals surface area (Å²) in [5, 5.41) is 0. The molecule has 0 aliphatic carbocycles. The van der Waals surface area contributed by atoms with Gasteiger partial charge in [0.05, 0.1) is 0 Å². The Kier molecular flexibility index (Phi) is 5.58. The number of carbonyl (C=O) groups is 1. The lowest BCUT2D eigenvalue weighted by atomic mass is 9.85. The van der Waals surface area contributed by atoms with Gasteiger partial charge in [0.25, 0.3) is 0 Å². The van der Waals surface area contributed by atoms with Crippen molar-refractivity contribution in [3.05, 3.63) is 77.0 Å². The number of benzene rings is 2. The summed E-state index contributed by atoms with van der Waals surface area (Å²) < 4.78 is 0. The molecule has 0 aliphatic heterocycles. The zero-order chi connectivity index (χ0) is 18.6. The van der Waals surface area contributed by atoms with Crippen LogP contribution < -0.4 is 5.73 Å². The summed E-state index contributed by atoms with van der Waals surface area (Å²) in [4.78, 5) is 15.7. The minimum absolute atomic E-state index is 0.123. The molecule has 1 amide bonds.